The monoisotopic (exact) mass is 267 g/mol. The molecule has 0 aromatic heterocycles. The second-order valence-electron chi connectivity index (χ2n) is 4.48. The van der Waals surface area contributed by atoms with E-state index in [4.69, 9.17) is 14.2 Å². The topological polar surface area (TPSA) is 39.7 Å². The van der Waals surface area contributed by atoms with Crippen LogP contribution in [0.1, 0.15) is 31.9 Å². The van der Waals surface area contributed by atoms with Gasteiger partial charge in [0.1, 0.15) is 11.5 Å². The zero-order valence-electron chi connectivity index (χ0n) is 12.5. The number of ether oxygens (including phenoxy) is 3. The van der Waals surface area contributed by atoms with Crippen LogP contribution in [-0.4, -0.2) is 34.0 Å². The van der Waals surface area contributed by atoms with Crippen LogP contribution < -0.4 is 14.8 Å². The van der Waals surface area contributed by atoms with Gasteiger partial charge in [0.15, 0.2) is 0 Å². The van der Waals surface area contributed by atoms with E-state index < -0.39 is 0 Å². The van der Waals surface area contributed by atoms with E-state index in [0.717, 1.165) is 30.0 Å². The van der Waals surface area contributed by atoms with Gasteiger partial charge in [-0.15, -0.1) is 0 Å². The second kappa shape index (κ2) is 8.02. The lowest BCUT2D eigenvalue weighted by molar-refractivity contribution is 0.0821. The van der Waals surface area contributed by atoms with Crippen LogP contribution in [-0.2, 0) is 4.74 Å². The van der Waals surface area contributed by atoms with Gasteiger partial charge in [-0.3, -0.25) is 0 Å². The second-order valence-corrected chi connectivity index (χ2v) is 4.48. The van der Waals surface area contributed by atoms with Gasteiger partial charge < -0.3 is 19.5 Å². The maximum absolute atomic E-state index is 5.47. The first-order valence-corrected chi connectivity index (χ1v) is 6.66. The van der Waals surface area contributed by atoms with Gasteiger partial charge in [-0.2, -0.15) is 0 Å². The van der Waals surface area contributed by atoms with E-state index in [0.29, 0.717) is 0 Å². The molecule has 0 radical (unpaired) electrons. The molecule has 2 unspecified atom stereocenters. The summed E-state index contributed by atoms with van der Waals surface area (Å²) >= 11 is 0. The molecule has 0 bridgehead atoms. The largest absolute Gasteiger partial charge is 0.497 e. The van der Waals surface area contributed by atoms with Crippen molar-refractivity contribution in [1.82, 2.24) is 5.32 Å². The predicted molar refractivity (Wildman–Crippen MR) is 77.1 cm³/mol. The van der Waals surface area contributed by atoms with Crippen LogP contribution in [0.5, 0.6) is 11.5 Å². The van der Waals surface area contributed by atoms with E-state index in [2.05, 4.69) is 19.2 Å². The third-order valence-electron chi connectivity index (χ3n) is 3.23. The molecule has 0 saturated carbocycles. The fourth-order valence-corrected chi connectivity index (χ4v) is 2.04. The lowest BCUT2D eigenvalue weighted by atomic mass is 10.0. The lowest BCUT2D eigenvalue weighted by Gasteiger charge is -2.26. The highest BCUT2D eigenvalue weighted by Crippen LogP contribution is 2.31. The van der Waals surface area contributed by atoms with E-state index in [1.165, 1.54) is 0 Å². The molecule has 4 nitrogen and oxygen atoms in total. The fraction of sp³-hybridized carbons (Fsp3) is 0.600. The van der Waals surface area contributed by atoms with Crippen molar-refractivity contribution in [3.63, 3.8) is 0 Å². The Hall–Kier alpha value is -1.26. The Balaban J connectivity index is 3.06. The molecule has 0 aliphatic heterocycles. The van der Waals surface area contributed by atoms with Crippen LogP contribution in [0.4, 0.5) is 0 Å². The van der Waals surface area contributed by atoms with Gasteiger partial charge in [0.2, 0.25) is 0 Å². The summed E-state index contributed by atoms with van der Waals surface area (Å²) in [7, 11) is 5.05. The molecule has 0 fully saturated rings. The van der Waals surface area contributed by atoms with E-state index in [9.17, 15) is 0 Å². The minimum absolute atomic E-state index is 0.0637. The van der Waals surface area contributed by atoms with E-state index in [1.54, 1.807) is 21.3 Å². The van der Waals surface area contributed by atoms with Crippen molar-refractivity contribution in [2.75, 3.05) is 27.9 Å². The number of hydrogen-bond acceptors (Lipinski definition) is 4. The normalized spacial score (nSPS) is 13.9. The van der Waals surface area contributed by atoms with Crippen molar-refractivity contribution in [3.8, 4) is 11.5 Å². The molecule has 0 aliphatic carbocycles. The van der Waals surface area contributed by atoms with Crippen molar-refractivity contribution >= 4 is 0 Å². The maximum atomic E-state index is 5.47. The first-order chi connectivity index (χ1) is 9.17. The maximum Gasteiger partial charge on any atom is 0.127 e. The molecule has 0 amide bonds. The summed E-state index contributed by atoms with van der Waals surface area (Å²) in [5.74, 6) is 1.61. The van der Waals surface area contributed by atoms with Gasteiger partial charge >= 0.3 is 0 Å². The first-order valence-electron chi connectivity index (χ1n) is 6.66. The number of methoxy groups -OCH3 is 3. The highest BCUT2D eigenvalue weighted by atomic mass is 16.5. The molecule has 19 heavy (non-hydrogen) atoms. The zero-order valence-corrected chi connectivity index (χ0v) is 12.5. The van der Waals surface area contributed by atoms with Crippen LogP contribution in [0.3, 0.4) is 0 Å². The van der Waals surface area contributed by atoms with Gasteiger partial charge in [-0.25, -0.2) is 0 Å². The average molecular weight is 267 g/mol. The summed E-state index contributed by atoms with van der Waals surface area (Å²) in [6.45, 7) is 5.14. The lowest BCUT2D eigenvalue weighted by Crippen LogP contribution is -2.32. The van der Waals surface area contributed by atoms with Gasteiger partial charge in [0.05, 0.1) is 26.4 Å². The Labute approximate surface area is 116 Å². The average Bonchev–Trinajstić information content (AvgIpc) is 2.47. The number of hydrogen-bond donors (Lipinski definition) is 1. The van der Waals surface area contributed by atoms with Crippen LogP contribution in [0.15, 0.2) is 18.2 Å². The molecule has 2 atom stereocenters. The summed E-state index contributed by atoms with van der Waals surface area (Å²) in [5, 5.41) is 3.50. The molecule has 108 valence electrons. The van der Waals surface area contributed by atoms with Crippen molar-refractivity contribution in [3.05, 3.63) is 23.8 Å². The molecule has 0 spiro atoms. The SMILES string of the molecule is CCCNC(c1ccc(OC)cc1OC)C(C)OC. The van der Waals surface area contributed by atoms with Crippen molar-refractivity contribution in [2.45, 2.75) is 32.4 Å². The summed E-state index contributed by atoms with van der Waals surface area (Å²) < 4.78 is 16.2. The van der Waals surface area contributed by atoms with E-state index in [1.807, 2.05) is 18.2 Å². The van der Waals surface area contributed by atoms with Crippen molar-refractivity contribution in [2.24, 2.45) is 0 Å². The predicted octanol–water partition coefficient (Wildman–Crippen LogP) is 2.78. The van der Waals surface area contributed by atoms with Gasteiger partial charge in [-0.05, 0) is 32.0 Å². The van der Waals surface area contributed by atoms with Crippen LogP contribution in [0.25, 0.3) is 0 Å². The smallest absolute Gasteiger partial charge is 0.127 e. The summed E-state index contributed by atoms with van der Waals surface area (Å²) in [6.07, 6.45) is 1.14. The molecule has 0 saturated heterocycles. The number of rotatable bonds is 8. The van der Waals surface area contributed by atoms with Crippen LogP contribution in [0.2, 0.25) is 0 Å². The van der Waals surface area contributed by atoms with Gasteiger partial charge in [0, 0.05) is 18.7 Å². The third-order valence-corrected chi connectivity index (χ3v) is 3.23. The van der Waals surface area contributed by atoms with Crippen molar-refractivity contribution < 1.29 is 14.2 Å². The molecule has 4 heteroatoms. The van der Waals surface area contributed by atoms with Gasteiger partial charge in [0.25, 0.3) is 0 Å². The quantitative estimate of drug-likeness (QED) is 0.786. The molecule has 1 N–H and O–H groups in total. The van der Waals surface area contributed by atoms with Crippen LogP contribution >= 0.6 is 0 Å². The number of nitrogens with one attached hydrogen (secondary N) is 1. The molecular formula is C15H25NO3. The van der Waals surface area contributed by atoms with E-state index in [-0.39, 0.29) is 12.1 Å². The Morgan fingerprint density at radius 3 is 2.42 bits per heavy atom. The minimum atomic E-state index is 0.0637. The van der Waals surface area contributed by atoms with Gasteiger partial charge in [-0.1, -0.05) is 6.92 Å². The molecule has 1 aromatic carbocycles. The summed E-state index contributed by atoms with van der Waals surface area (Å²) in [5.41, 5.74) is 1.09. The third kappa shape index (κ3) is 4.11. The van der Waals surface area contributed by atoms with E-state index >= 15 is 0 Å². The summed E-state index contributed by atoms with van der Waals surface area (Å²) in [6, 6.07) is 5.98. The zero-order chi connectivity index (χ0) is 14.3. The Kier molecular flexibility index (Phi) is 6.67. The molecule has 1 rings (SSSR count). The minimum Gasteiger partial charge on any atom is -0.497 e. The molecular weight excluding hydrogens is 242 g/mol. The first kappa shape index (κ1) is 15.8. The van der Waals surface area contributed by atoms with Crippen LogP contribution in [0, 0.1) is 0 Å². The highest BCUT2D eigenvalue weighted by Gasteiger charge is 2.22. The Morgan fingerprint density at radius 2 is 1.89 bits per heavy atom. The fourth-order valence-electron chi connectivity index (χ4n) is 2.04. The molecule has 0 aliphatic rings. The Morgan fingerprint density at radius 1 is 1.16 bits per heavy atom. The highest BCUT2D eigenvalue weighted by molar-refractivity contribution is 5.43. The molecule has 1 aromatic rings. The van der Waals surface area contributed by atoms with Crippen molar-refractivity contribution in [1.29, 1.82) is 0 Å². The molecule has 0 heterocycles. The summed E-state index contributed by atoms with van der Waals surface area (Å²) in [4.78, 5) is 0. The number of benzene rings is 1. The Bertz CT molecular complexity index is 382. The standard InChI is InChI=1S/C15H25NO3/c1-6-9-16-15(11(2)17-3)13-8-7-12(18-4)10-14(13)19-5/h7-8,10-11,15-16H,6,9H2,1-5H3.